The Hall–Kier alpha value is -0.200. The van der Waals surface area contributed by atoms with Crippen LogP contribution in [0.2, 0.25) is 0 Å². The third kappa shape index (κ3) is 2.30. The third-order valence-electron chi connectivity index (χ3n) is 2.69. The van der Waals surface area contributed by atoms with E-state index in [4.69, 9.17) is 0 Å². The van der Waals surface area contributed by atoms with Crippen LogP contribution in [0.15, 0.2) is 44.0 Å². The molecule has 3 aromatic rings. The van der Waals surface area contributed by atoms with Gasteiger partial charge < -0.3 is 5.11 Å². The van der Waals surface area contributed by atoms with Crippen molar-refractivity contribution in [2.45, 2.75) is 6.10 Å². The highest BCUT2D eigenvalue weighted by Crippen LogP contribution is 2.40. The standard InChI is InChI=1S/C13H8Br2OS2/c14-11-6-8(13(15)18-11)12(16)10-5-7-3-1-2-4-9(7)17-10/h1-6,12,16H. The third-order valence-corrected chi connectivity index (χ3v) is 6.25. The maximum absolute atomic E-state index is 10.5. The zero-order valence-corrected chi connectivity index (χ0v) is 13.9. The maximum atomic E-state index is 10.5. The lowest BCUT2D eigenvalue weighted by molar-refractivity contribution is 0.224. The van der Waals surface area contributed by atoms with Gasteiger partial charge in [0.15, 0.2) is 0 Å². The highest BCUT2D eigenvalue weighted by molar-refractivity contribution is 9.12. The van der Waals surface area contributed by atoms with Crippen LogP contribution in [0.1, 0.15) is 16.5 Å². The van der Waals surface area contributed by atoms with E-state index in [0.29, 0.717) is 0 Å². The molecule has 1 atom stereocenters. The Morgan fingerprint density at radius 2 is 1.83 bits per heavy atom. The lowest BCUT2D eigenvalue weighted by atomic mass is 10.1. The Bertz CT molecular complexity index is 669. The molecule has 1 aromatic carbocycles. The summed E-state index contributed by atoms with van der Waals surface area (Å²) in [4.78, 5) is 0.974. The molecule has 3 rings (SSSR count). The molecular formula is C13H8Br2OS2. The molecule has 2 aromatic heterocycles. The molecule has 0 fully saturated rings. The normalized spacial score (nSPS) is 13.1. The van der Waals surface area contributed by atoms with Crippen LogP contribution in [0.5, 0.6) is 0 Å². The van der Waals surface area contributed by atoms with E-state index in [-0.39, 0.29) is 0 Å². The first kappa shape index (κ1) is 12.8. The molecular weight excluding hydrogens is 396 g/mol. The second-order valence-electron chi connectivity index (χ2n) is 3.87. The van der Waals surface area contributed by atoms with Crippen LogP contribution in [0.3, 0.4) is 0 Å². The summed E-state index contributed by atoms with van der Waals surface area (Å²) in [7, 11) is 0. The van der Waals surface area contributed by atoms with Gasteiger partial charge in [0.1, 0.15) is 6.10 Å². The van der Waals surface area contributed by atoms with Gasteiger partial charge in [-0.3, -0.25) is 0 Å². The van der Waals surface area contributed by atoms with Crippen LogP contribution in [0.4, 0.5) is 0 Å². The Balaban J connectivity index is 2.06. The number of aliphatic hydroxyl groups excluding tert-OH is 1. The highest BCUT2D eigenvalue weighted by atomic mass is 79.9. The molecule has 0 bridgehead atoms. The molecule has 2 heterocycles. The first-order valence-electron chi connectivity index (χ1n) is 5.26. The minimum atomic E-state index is -0.570. The van der Waals surface area contributed by atoms with Crippen molar-refractivity contribution in [3.8, 4) is 0 Å². The molecule has 1 nitrogen and oxygen atoms in total. The van der Waals surface area contributed by atoms with Gasteiger partial charge in [0.05, 0.1) is 7.57 Å². The number of aliphatic hydroxyl groups is 1. The van der Waals surface area contributed by atoms with Gasteiger partial charge in [-0.1, -0.05) is 18.2 Å². The fourth-order valence-electron chi connectivity index (χ4n) is 1.83. The lowest BCUT2D eigenvalue weighted by Gasteiger charge is -2.06. The second-order valence-corrected chi connectivity index (χ2v) is 8.73. The summed E-state index contributed by atoms with van der Waals surface area (Å²) in [5.41, 5.74) is 0.915. The molecule has 0 spiro atoms. The fourth-order valence-corrected chi connectivity index (χ4v) is 5.78. The molecule has 5 heteroatoms. The Labute approximate surface area is 129 Å². The molecule has 1 unspecified atom stereocenters. The Kier molecular flexibility index (Phi) is 3.60. The molecule has 0 saturated carbocycles. The van der Waals surface area contributed by atoms with Crippen molar-refractivity contribution in [1.29, 1.82) is 0 Å². The molecule has 0 radical (unpaired) electrons. The van der Waals surface area contributed by atoms with Crippen LogP contribution < -0.4 is 0 Å². The van der Waals surface area contributed by atoms with Crippen molar-refractivity contribution < 1.29 is 5.11 Å². The SMILES string of the molecule is OC(c1cc2ccccc2s1)c1cc(Br)sc1Br. The number of benzene rings is 1. The van der Waals surface area contributed by atoms with E-state index in [1.54, 1.807) is 22.7 Å². The van der Waals surface area contributed by atoms with E-state index in [1.165, 1.54) is 10.1 Å². The fraction of sp³-hybridized carbons (Fsp3) is 0.0769. The largest absolute Gasteiger partial charge is 0.383 e. The van der Waals surface area contributed by atoms with E-state index in [1.807, 2.05) is 18.2 Å². The summed E-state index contributed by atoms with van der Waals surface area (Å²) in [5.74, 6) is 0. The van der Waals surface area contributed by atoms with E-state index in [9.17, 15) is 5.11 Å². The predicted octanol–water partition coefficient (Wildman–Crippen LogP) is 5.57. The topological polar surface area (TPSA) is 20.2 Å². The lowest BCUT2D eigenvalue weighted by Crippen LogP contribution is -1.95. The summed E-state index contributed by atoms with van der Waals surface area (Å²) in [6.45, 7) is 0. The summed E-state index contributed by atoms with van der Waals surface area (Å²) < 4.78 is 3.20. The summed E-state index contributed by atoms with van der Waals surface area (Å²) in [5, 5.41) is 11.6. The van der Waals surface area contributed by atoms with Gasteiger partial charge >= 0.3 is 0 Å². The molecule has 1 N–H and O–H groups in total. The number of fused-ring (bicyclic) bond motifs is 1. The average molecular weight is 404 g/mol. The van der Waals surface area contributed by atoms with E-state index >= 15 is 0 Å². The van der Waals surface area contributed by atoms with E-state index < -0.39 is 6.10 Å². The van der Waals surface area contributed by atoms with Gasteiger partial charge in [-0.15, -0.1) is 22.7 Å². The molecule has 0 aliphatic carbocycles. The van der Waals surface area contributed by atoms with Gasteiger partial charge in [-0.2, -0.15) is 0 Å². The zero-order chi connectivity index (χ0) is 12.7. The minimum absolute atomic E-state index is 0.570. The number of hydrogen-bond donors (Lipinski definition) is 1. The van der Waals surface area contributed by atoms with Crippen LogP contribution in [-0.2, 0) is 0 Å². The molecule has 18 heavy (non-hydrogen) atoms. The summed E-state index contributed by atoms with van der Waals surface area (Å²) >= 11 is 10.1. The second kappa shape index (κ2) is 5.06. The van der Waals surface area contributed by atoms with Crippen LogP contribution in [0, 0.1) is 0 Å². The molecule has 0 saturated heterocycles. The smallest absolute Gasteiger partial charge is 0.115 e. The zero-order valence-electron chi connectivity index (χ0n) is 9.06. The van der Waals surface area contributed by atoms with Crippen molar-refractivity contribution in [3.05, 3.63) is 54.4 Å². The number of thiophene rings is 2. The van der Waals surface area contributed by atoms with Crippen LogP contribution >= 0.6 is 54.5 Å². The molecule has 0 aliphatic heterocycles. The Morgan fingerprint density at radius 1 is 1.06 bits per heavy atom. The van der Waals surface area contributed by atoms with Gasteiger partial charge in [-0.25, -0.2) is 0 Å². The Morgan fingerprint density at radius 3 is 2.50 bits per heavy atom. The number of hydrogen-bond acceptors (Lipinski definition) is 3. The number of rotatable bonds is 2. The molecule has 0 aliphatic rings. The first-order chi connectivity index (χ1) is 8.65. The summed E-state index contributed by atoms with van der Waals surface area (Å²) in [6, 6.07) is 12.2. The highest BCUT2D eigenvalue weighted by Gasteiger charge is 2.18. The molecule has 92 valence electrons. The quantitative estimate of drug-likeness (QED) is 0.592. The van der Waals surface area contributed by atoms with Crippen molar-refractivity contribution in [3.63, 3.8) is 0 Å². The van der Waals surface area contributed by atoms with Crippen molar-refractivity contribution in [2.75, 3.05) is 0 Å². The minimum Gasteiger partial charge on any atom is -0.383 e. The number of halogens is 2. The van der Waals surface area contributed by atoms with Crippen LogP contribution in [0.25, 0.3) is 10.1 Å². The van der Waals surface area contributed by atoms with Gasteiger partial charge in [0.2, 0.25) is 0 Å². The summed E-state index contributed by atoms with van der Waals surface area (Å²) in [6.07, 6.45) is -0.570. The maximum Gasteiger partial charge on any atom is 0.115 e. The monoisotopic (exact) mass is 402 g/mol. The average Bonchev–Trinajstić information content (AvgIpc) is 2.91. The van der Waals surface area contributed by atoms with Crippen molar-refractivity contribution in [1.82, 2.24) is 0 Å². The van der Waals surface area contributed by atoms with Crippen LogP contribution in [-0.4, -0.2) is 5.11 Å². The van der Waals surface area contributed by atoms with Gasteiger partial charge in [0.25, 0.3) is 0 Å². The van der Waals surface area contributed by atoms with E-state index in [0.717, 1.165) is 18.0 Å². The van der Waals surface area contributed by atoms with Crippen molar-refractivity contribution in [2.24, 2.45) is 0 Å². The van der Waals surface area contributed by atoms with E-state index in [2.05, 4.69) is 50.1 Å². The van der Waals surface area contributed by atoms with Gasteiger partial charge in [-0.05, 0) is 55.4 Å². The molecule has 0 amide bonds. The van der Waals surface area contributed by atoms with Gasteiger partial charge in [0, 0.05) is 15.1 Å². The first-order valence-corrected chi connectivity index (χ1v) is 8.48. The van der Waals surface area contributed by atoms with Crippen molar-refractivity contribution >= 4 is 64.6 Å². The predicted molar refractivity (Wildman–Crippen MR) is 85.6 cm³/mol.